The summed E-state index contributed by atoms with van der Waals surface area (Å²) in [6.45, 7) is 3.77. The molecule has 1 amide bonds. The summed E-state index contributed by atoms with van der Waals surface area (Å²) < 4.78 is 0. The van der Waals surface area contributed by atoms with Crippen molar-refractivity contribution in [3.05, 3.63) is 72.3 Å². The minimum atomic E-state index is -0.00379. The van der Waals surface area contributed by atoms with Crippen LogP contribution < -0.4 is 5.32 Å². The number of benzene rings is 2. The topological polar surface area (TPSA) is 29.1 Å². The third-order valence-corrected chi connectivity index (χ3v) is 3.69. The molecule has 1 saturated heterocycles. The first-order valence-electron chi connectivity index (χ1n) is 6.85. The minimum absolute atomic E-state index is 0.00379. The zero-order valence-corrected chi connectivity index (χ0v) is 11.3. The Balaban J connectivity index is 1.71. The molecule has 0 spiro atoms. The van der Waals surface area contributed by atoms with Crippen molar-refractivity contribution >= 4 is 5.91 Å². The number of hydrogen-bond donors (Lipinski definition) is 1. The molecule has 0 radical (unpaired) electrons. The predicted molar refractivity (Wildman–Crippen MR) is 81.3 cm³/mol. The molecule has 0 aliphatic carbocycles. The molecule has 20 heavy (non-hydrogen) atoms. The quantitative estimate of drug-likeness (QED) is 0.845. The van der Waals surface area contributed by atoms with Crippen LogP contribution in [0.15, 0.2) is 66.7 Å². The molecular weight excluding hydrogens is 246 g/mol. The maximum Gasteiger partial charge on any atom is 0.246 e. The Labute approximate surface area is 119 Å². The molecule has 1 atom stereocenters. The normalized spacial score (nSPS) is 18.1. The number of hydrogen-bond acceptors (Lipinski definition) is 1. The molecule has 2 nitrogen and oxygen atoms in total. The van der Waals surface area contributed by atoms with Gasteiger partial charge in [0.05, 0.1) is 0 Å². The van der Waals surface area contributed by atoms with Crippen molar-refractivity contribution in [2.45, 2.75) is 18.9 Å². The third kappa shape index (κ3) is 2.64. The largest absolute Gasteiger partial charge is 0.349 e. The Kier molecular flexibility index (Phi) is 3.38. The molecule has 0 unspecified atom stereocenters. The second-order valence-electron chi connectivity index (χ2n) is 5.25. The molecule has 2 heteroatoms. The Morgan fingerprint density at radius 1 is 1.00 bits per heavy atom. The number of carbonyl (C=O) groups is 1. The molecule has 1 aliphatic heterocycles. The van der Waals surface area contributed by atoms with Crippen molar-refractivity contribution in [3.63, 3.8) is 0 Å². The maximum atomic E-state index is 11.4. The van der Waals surface area contributed by atoms with E-state index in [4.69, 9.17) is 0 Å². The van der Waals surface area contributed by atoms with Crippen LogP contribution in [0, 0.1) is 0 Å². The van der Waals surface area contributed by atoms with E-state index < -0.39 is 0 Å². The first-order chi connectivity index (χ1) is 9.72. The Morgan fingerprint density at radius 3 is 2.25 bits per heavy atom. The highest BCUT2D eigenvalue weighted by Gasteiger charge is 2.24. The fourth-order valence-electron chi connectivity index (χ4n) is 2.60. The van der Waals surface area contributed by atoms with Crippen molar-refractivity contribution in [1.29, 1.82) is 0 Å². The number of nitrogens with one attached hydrogen (secondary N) is 1. The molecule has 1 fully saturated rings. The van der Waals surface area contributed by atoms with E-state index in [1.807, 2.05) is 18.2 Å². The van der Waals surface area contributed by atoms with Gasteiger partial charge in [-0.05, 0) is 29.5 Å². The first kappa shape index (κ1) is 12.7. The fraction of sp³-hybridized carbons (Fsp3) is 0.167. The summed E-state index contributed by atoms with van der Waals surface area (Å²) in [4.78, 5) is 11.4. The van der Waals surface area contributed by atoms with Gasteiger partial charge in [0, 0.05) is 11.6 Å². The average molecular weight is 263 g/mol. The molecule has 0 saturated carbocycles. The van der Waals surface area contributed by atoms with Crippen LogP contribution in [0.5, 0.6) is 0 Å². The molecule has 1 N–H and O–H groups in total. The van der Waals surface area contributed by atoms with Gasteiger partial charge in [0.15, 0.2) is 0 Å². The highest BCUT2D eigenvalue weighted by Crippen LogP contribution is 2.21. The first-order valence-corrected chi connectivity index (χ1v) is 6.85. The van der Waals surface area contributed by atoms with Gasteiger partial charge in [0.25, 0.3) is 0 Å². The van der Waals surface area contributed by atoms with Crippen molar-refractivity contribution in [2.75, 3.05) is 0 Å². The molecule has 3 rings (SSSR count). The van der Waals surface area contributed by atoms with Crippen LogP contribution >= 0.6 is 0 Å². The smallest absolute Gasteiger partial charge is 0.246 e. The Bertz CT molecular complexity index is 612. The van der Waals surface area contributed by atoms with Gasteiger partial charge in [-0.3, -0.25) is 4.79 Å². The monoisotopic (exact) mass is 263 g/mol. The lowest BCUT2D eigenvalue weighted by Gasteiger charge is -2.10. The van der Waals surface area contributed by atoms with E-state index in [1.165, 1.54) is 16.7 Å². The summed E-state index contributed by atoms with van der Waals surface area (Å²) in [5.74, 6) is -0.00379. The number of rotatable bonds is 3. The highest BCUT2D eigenvalue weighted by atomic mass is 16.2. The second-order valence-corrected chi connectivity index (χ2v) is 5.25. The fourth-order valence-corrected chi connectivity index (χ4v) is 2.60. The molecule has 2 aromatic carbocycles. The molecule has 1 heterocycles. The number of carbonyl (C=O) groups excluding carboxylic acids is 1. The van der Waals surface area contributed by atoms with Gasteiger partial charge in [-0.25, -0.2) is 0 Å². The summed E-state index contributed by atoms with van der Waals surface area (Å²) >= 11 is 0. The van der Waals surface area contributed by atoms with E-state index >= 15 is 0 Å². The van der Waals surface area contributed by atoms with Crippen molar-refractivity contribution in [2.24, 2.45) is 0 Å². The summed E-state index contributed by atoms with van der Waals surface area (Å²) in [7, 11) is 0. The number of amides is 1. The van der Waals surface area contributed by atoms with Crippen molar-refractivity contribution in [3.8, 4) is 11.1 Å². The Morgan fingerprint density at radius 2 is 1.65 bits per heavy atom. The van der Waals surface area contributed by atoms with Crippen LogP contribution in [0.3, 0.4) is 0 Å². The van der Waals surface area contributed by atoms with Gasteiger partial charge in [-0.1, -0.05) is 61.2 Å². The third-order valence-electron chi connectivity index (χ3n) is 3.69. The van der Waals surface area contributed by atoms with Gasteiger partial charge in [-0.2, -0.15) is 0 Å². The van der Waals surface area contributed by atoms with Crippen LogP contribution in [0.2, 0.25) is 0 Å². The van der Waals surface area contributed by atoms with Crippen LogP contribution in [0.4, 0.5) is 0 Å². The van der Waals surface area contributed by atoms with E-state index in [9.17, 15) is 4.79 Å². The predicted octanol–water partition coefficient (Wildman–Crippen LogP) is 3.34. The second kappa shape index (κ2) is 5.33. The summed E-state index contributed by atoms with van der Waals surface area (Å²) in [6.07, 6.45) is 1.61. The lowest BCUT2D eigenvalue weighted by atomic mass is 10.00. The standard InChI is InChI=1S/C18H17NO/c1-13-11-17(19-18(13)20)12-14-7-9-16(10-8-14)15-5-3-2-4-6-15/h2-10,17H,1,11-12H2,(H,19,20)/t17-/m1/s1. The lowest BCUT2D eigenvalue weighted by Crippen LogP contribution is -2.27. The molecule has 100 valence electrons. The van der Waals surface area contributed by atoms with E-state index in [1.54, 1.807) is 0 Å². The Hall–Kier alpha value is -2.35. The summed E-state index contributed by atoms with van der Waals surface area (Å²) in [5.41, 5.74) is 4.37. The van der Waals surface area contributed by atoms with Gasteiger partial charge >= 0.3 is 0 Å². The van der Waals surface area contributed by atoms with E-state index in [0.717, 1.165) is 12.8 Å². The SMILES string of the molecule is C=C1C[C@H](Cc2ccc(-c3ccccc3)cc2)NC1=O. The van der Waals surface area contributed by atoms with Gasteiger partial charge in [0.1, 0.15) is 0 Å². The molecule has 2 aromatic rings. The average Bonchev–Trinajstić information content (AvgIpc) is 2.79. The molecule has 1 aliphatic rings. The van der Waals surface area contributed by atoms with E-state index in [-0.39, 0.29) is 11.9 Å². The zero-order valence-electron chi connectivity index (χ0n) is 11.3. The molecule has 0 bridgehead atoms. The molecule has 0 aromatic heterocycles. The lowest BCUT2D eigenvalue weighted by molar-refractivity contribution is -0.116. The van der Waals surface area contributed by atoms with Gasteiger partial charge in [-0.15, -0.1) is 0 Å². The van der Waals surface area contributed by atoms with E-state index in [0.29, 0.717) is 5.57 Å². The van der Waals surface area contributed by atoms with Gasteiger partial charge in [0.2, 0.25) is 5.91 Å². The minimum Gasteiger partial charge on any atom is -0.349 e. The van der Waals surface area contributed by atoms with Gasteiger partial charge < -0.3 is 5.32 Å². The van der Waals surface area contributed by atoms with Crippen molar-refractivity contribution in [1.82, 2.24) is 5.32 Å². The van der Waals surface area contributed by atoms with E-state index in [2.05, 4.69) is 48.3 Å². The highest BCUT2D eigenvalue weighted by molar-refractivity contribution is 5.95. The molecular formula is C18H17NO. The summed E-state index contributed by atoms with van der Waals surface area (Å²) in [6, 6.07) is 19.1. The maximum absolute atomic E-state index is 11.4. The van der Waals surface area contributed by atoms with Crippen LogP contribution in [-0.2, 0) is 11.2 Å². The zero-order chi connectivity index (χ0) is 13.9. The summed E-state index contributed by atoms with van der Waals surface area (Å²) in [5, 5.41) is 2.96. The van der Waals surface area contributed by atoms with Crippen molar-refractivity contribution < 1.29 is 4.79 Å². The van der Waals surface area contributed by atoms with Crippen LogP contribution in [-0.4, -0.2) is 11.9 Å². The van der Waals surface area contributed by atoms with Crippen LogP contribution in [0.25, 0.3) is 11.1 Å². The van der Waals surface area contributed by atoms with Crippen LogP contribution in [0.1, 0.15) is 12.0 Å².